The molecule has 0 spiro atoms. The molecule has 0 aliphatic carbocycles. The van der Waals surface area contributed by atoms with Crippen molar-refractivity contribution >= 4 is 22.1 Å². The van der Waals surface area contributed by atoms with Crippen molar-refractivity contribution in [2.45, 2.75) is 6.42 Å². The van der Waals surface area contributed by atoms with Gasteiger partial charge in [0.25, 0.3) is 11.2 Å². The van der Waals surface area contributed by atoms with Crippen LogP contribution in [0.1, 0.15) is 11.3 Å². The van der Waals surface area contributed by atoms with Crippen molar-refractivity contribution in [3.8, 4) is 11.1 Å². The Kier molecular flexibility index (Phi) is 4.71. The van der Waals surface area contributed by atoms with Crippen LogP contribution in [0, 0.1) is 21.7 Å². The minimum absolute atomic E-state index is 0.00737. The van der Waals surface area contributed by atoms with Crippen molar-refractivity contribution in [3.05, 3.63) is 98.0 Å². The second-order valence-electron chi connectivity index (χ2n) is 6.68. The summed E-state index contributed by atoms with van der Waals surface area (Å²) in [6.07, 6.45) is 0.254. The topological polar surface area (TPSA) is 115 Å². The predicted molar refractivity (Wildman–Crippen MR) is 108 cm³/mol. The van der Waals surface area contributed by atoms with Crippen LogP contribution >= 0.6 is 0 Å². The summed E-state index contributed by atoms with van der Waals surface area (Å²) in [5.74, 6) is -1.67. The van der Waals surface area contributed by atoms with Gasteiger partial charge in [-0.05, 0) is 35.4 Å². The number of nitrogens with two attached hydrogens (primary N) is 1. The molecule has 0 saturated heterocycles. The number of H-pyrrole nitrogens is 1. The van der Waals surface area contributed by atoms with Crippen molar-refractivity contribution < 1.29 is 13.7 Å². The number of aromatic nitrogens is 2. The highest BCUT2D eigenvalue weighted by atomic mass is 19.1. The van der Waals surface area contributed by atoms with Gasteiger partial charge in [-0.15, -0.1) is 0 Å². The Labute approximate surface area is 167 Å². The molecule has 4 rings (SSSR count). The van der Waals surface area contributed by atoms with E-state index in [4.69, 9.17) is 5.73 Å². The zero-order valence-electron chi connectivity index (χ0n) is 15.4. The number of hydrogen-bond acceptors (Lipinski definition) is 5. The zero-order chi connectivity index (χ0) is 21.4. The van der Waals surface area contributed by atoms with Crippen molar-refractivity contribution in [2.75, 3.05) is 5.73 Å². The fraction of sp³-hybridized carbons (Fsp3) is 0.0476. The van der Waals surface area contributed by atoms with Gasteiger partial charge in [-0.25, -0.2) is 13.9 Å². The van der Waals surface area contributed by atoms with Crippen LogP contribution in [0.15, 0.2) is 59.4 Å². The molecule has 0 amide bonds. The molecule has 0 aliphatic rings. The normalized spacial score (nSPS) is 11.0. The minimum Gasteiger partial charge on any atom is -0.391 e. The van der Waals surface area contributed by atoms with Gasteiger partial charge >= 0.3 is 0 Å². The fourth-order valence-electron chi connectivity index (χ4n) is 3.31. The van der Waals surface area contributed by atoms with Crippen LogP contribution in [-0.2, 0) is 6.42 Å². The lowest BCUT2D eigenvalue weighted by molar-refractivity contribution is -0.384. The number of nitrogens with zero attached hydrogens (tertiary/aromatic N) is 2. The number of nitro groups is 1. The van der Waals surface area contributed by atoms with Crippen molar-refractivity contribution in [1.29, 1.82) is 0 Å². The Morgan fingerprint density at radius 2 is 1.77 bits per heavy atom. The molecule has 7 nitrogen and oxygen atoms in total. The molecule has 3 N–H and O–H groups in total. The van der Waals surface area contributed by atoms with Crippen molar-refractivity contribution in [3.63, 3.8) is 0 Å². The Morgan fingerprint density at radius 3 is 2.50 bits per heavy atom. The molecular formula is C21H14F2N4O3. The van der Waals surface area contributed by atoms with Crippen LogP contribution < -0.4 is 11.3 Å². The van der Waals surface area contributed by atoms with Gasteiger partial charge in [0.2, 0.25) is 0 Å². The molecule has 1 heterocycles. The third-order valence-electron chi connectivity index (χ3n) is 4.79. The molecule has 0 bridgehead atoms. The smallest absolute Gasteiger partial charge is 0.295 e. The molecule has 1 aromatic heterocycles. The van der Waals surface area contributed by atoms with Gasteiger partial charge < -0.3 is 5.73 Å². The zero-order valence-corrected chi connectivity index (χ0v) is 15.4. The summed E-state index contributed by atoms with van der Waals surface area (Å²) in [4.78, 5) is 22.3. The number of nitrogen functional groups attached to an aromatic ring is 1. The first kappa shape index (κ1) is 19.2. The van der Waals surface area contributed by atoms with E-state index in [2.05, 4.69) is 10.2 Å². The number of aromatic amines is 1. The summed E-state index contributed by atoms with van der Waals surface area (Å²) >= 11 is 0. The highest BCUT2D eigenvalue weighted by molar-refractivity contribution is 5.83. The first-order valence-electron chi connectivity index (χ1n) is 8.83. The maximum absolute atomic E-state index is 14.5. The van der Waals surface area contributed by atoms with Gasteiger partial charge in [0.05, 0.1) is 16.0 Å². The highest BCUT2D eigenvalue weighted by Crippen LogP contribution is 2.33. The molecule has 0 radical (unpaired) electrons. The summed E-state index contributed by atoms with van der Waals surface area (Å²) in [5.41, 5.74) is 5.02. The summed E-state index contributed by atoms with van der Waals surface area (Å²) in [7, 11) is 0. The molecule has 150 valence electrons. The number of benzene rings is 3. The van der Waals surface area contributed by atoms with Crippen LogP contribution in [-0.4, -0.2) is 15.1 Å². The van der Waals surface area contributed by atoms with Gasteiger partial charge in [-0.2, -0.15) is 5.10 Å². The summed E-state index contributed by atoms with van der Waals surface area (Å²) < 4.78 is 28.6. The highest BCUT2D eigenvalue weighted by Gasteiger charge is 2.20. The van der Waals surface area contributed by atoms with E-state index in [1.165, 1.54) is 18.2 Å². The van der Waals surface area contributed by atoms with E-state index < -0.39 is 27.9 Å². The maximum atomic E-state index is 14.5. The molecule has 0 saturated carbocycles. The minimum atomic E-state index is -1.00. The Hall–Kier alpha value is -4.14. The van der Waals surface area contributed by atoms with E-state index in [0.717, 1.165) is 12.1 Å². The number of fused-ring (bicyclic) bond motifs is 1. The van der Waals surface area contributed by atoms with Crippen molar-refractivity contribution in [1.82, 2.24) is 10.2 Å². The van der Waals surface area contributed by atoms with Crippen LogP contribution in [0.4, 0.5) is 20.2 Å². The summed E-state index contributed by atoms with van der Waals surface area (Å²) in [5, 5.41) is 18.8. The van der Waals surface area contributed by atoms with Gasteiger partial charge in [0.15, 0.2) is 5.82 Å². The number of anilines is 1. The SMILES string of the molecule is Nc1c(F)cc(-c2cc(Cc3n[nH]c(=O)c4ccccc34)ccc2F)cc1[N+](=O)[O-]. The molecule has 0 fully saturated rings. The standard InChI is InChI=1S/C21H14F2N4O3/c22-16-6-5-11(8-18-13-3-1-2-4-14(13)21(28)26-25-18)7-15(16)12-9-17(23)20(24)19(10-12)27(29)30/h1-7,9-10H,8,24H2,(H,26,28). The van der Waals surface area contributed by atoms with E-state index in [9.17, 15) is 23.7 Å². The van der Waals surface area contributed by atoms with Crippen molar-refractivity contribution in [2.24, 2.45) is 0 Å². The van der Waals surface area contributed by atoms with Crippen LogP contribution in [0.25, 0.3) is 21.9 Å². The molecule has 30 heavy (non-hydrogen) atoms. The van der Waals surface area contributed by atoms with Gasteiger partial charge in [0, 0.05) is 23.4 Å². The second kappa shape index (κ2) is 7.36. The third kappa shape index (κ3) is 3.37. The lowest BCUT2D eigenvalue weighted by atomic mass is 9.98. The van der Waals surface area contributed by atoms with E-state index in [1.807, 2.05) is 0 Å². The maximum Gasteiger partial charge on any atom is 0.295 e. The third-order valence-corrected chi connectivity index (χ3v) is 4.79. The van der Waals surface area contributed by atoms with E-state index >= 15 is 0 Å². The van der Waals surface area contributed by atoms with Gasteiger partial charge in [-0.1, -0.05) is 24.3 Å². The lowest BCUT2D eigenvalue weighted by Crippen LogP contribution is -2.11. The van der Waals surface area contributed by atoms with Crippen LogP contribution in [0.5, 0.6) is 0 Å². The molecule has 0 atom stereocenters. The lowest BCUT2D eigenvalue weighted by Gasteiger charge is -2.10. The van der Waals surface area contributed by atoms with Gasteiger partial charge in [0.1, 0.15) is 11.5 Å². The molecule has 3 aromatic carbocycles. The van der Waals surface area contributed by atoms with Gasteiger partial charge in [-0.3, -0.25) is 14.9 Å². The first-order valence-corrected chi connectivity index (χ1v) is 8.83. The monoisotopic (exact) mass is 408 g/mol. The molecule has 0 aliphatic heterocycles. The number of rotatable bonds is 4. The summed E-state index contributed by atoms with van der Waals surface area (Å²) in [6, 6.07) is 13.1. The Morgan fingerprint density at radius 1 is 1.03 bits per heavy atom. The predicted octanol–water partition coefficient (Wildman–Crippen LogP) is 3.95. The first-order chi connectivity index (χ1) is 14.3. The molecule has 4 aromatic rings. The fourth-order valence-corrected chi connectivity index (χ4v) is 3.31. The van der Waals surface area contributed by atoms with E-state index in [1.54, 1.807) is 24.3 Å². The van der Waals surface area contributed by atoms with E-state index in [-0.39, 0.29) is 23.1 Å². The number of hydrogen-bond donors (Lipinski definition) is 2. The van der Waals surface area contributed by atoms with Crippen LogP contribution in [0.3, 0.4) is 0 Å². The second-order valence-corrected chi connectivity index (χ2v) is 6.68. The Bertz CT molecular complexity index is 1370. The number of halogens is 2. The number of nitrogens with one attached hydrogen (secondary N) is 1. The molecular weight excluding hydrogens is 394 g/mol. The molecule has 0 unspecified atom stereocenters. The quantitative estimate of drug-likeness (QED) is 0.301. The Balaban J connectivity index is 1.80. The summed E-state index contributed by atoms with van der Waals surface area (Å²) in [6.45, 7) is 0. The largest absolute Gasteiger partial charge is 0.391 e. The van der Waals surface area contributed by atoms with Crippen LogP contribution in [0.2, 0.25) is 0 Å². The average molecular weight is 408 g/mol. The average Bonchev–Trinajstić information content (AvgIpc) is 2.73. The number of nitro benzene ring substituents is 1. The molecule has 9 heteroatoms. The van der Waals surface area contributed by atoms with E-state index in [0.29, 0.717) is 22.0 Å².